The lowest BCUT2D eigenvalue weighted by molar-refractivity contribution is -0.384. The monoisotopic (exact) mass is 518 g/mol. The van der Waals surface area contributed by atoms with E-state index in [9.17, 15) is 15.2 Å². The highest BCUT2D eigenvalue weighted by atomic mass is 16.6. The lowest BCUT2D eigenvalue weighted by Crippen LogP contribution is -2.23. The number of nitro groups is 1. The molecule has 9 heteroatoms. The number of hydrogen-bond donors (Lipinski definition) is 3. The van der Waals surface area contributed by atoms with Gasteiger partial charge in [0.15, 0.2) is 0 Å². The van der Waals surface area contributed by atoms with E-state index in [1.165, 1.54) is 28.5 Å². The van der Waals surface area contributed by atoms with Crippen LogP contribution in [0.25, 0.3) is 11.1 Å². The zero-order valence-corrected chi connectivity index (χ0v) is 22.5. The van der Waals surface area contributed by atoms with Crippen molar-refractivity contribution in [1.29, 1.82) is 0 Å². The Bertz CT molecular complexity index is 1240. The summed E-state index contributed by atoms with van der Waals surface area (Å²) in [5.74, 6) is 1.37. The van der Waals surface area contributed by atoms with E-state index in [1.807, 2.05) is 6.07 Å². The van der Waals surface area contributed by atoms with Gasteiger partial charge in [0.05, 0.1) is 4.92 Å². The lowest BCUT2D eigenvalue weighted by Gasteiger charge is -2.27. The maximum Gasteiger partial charge on any atom is 0.329 e. The van der Waals surface area contributed by atoms with Gasteiger partial charge in [0.25, 0.3) is 0 Å². The largest absolute Gasteiger partial charge is 0.396 e. The van der Waals surface area contributed by atoms with Gasteiger partial charge in [0.2, 0.25) is 11.8 Å². The lowest BCUT2D eigenvalue weighted by atomic mass is 9.82. The first kappa shape index (κ1) is 27.5. The first-order chi connectivity index (χ1) is 18.3. The summed E-state index contributed by atoms with van der Waals surface area (Å²) in [5, 5.41) is 27.4. The summed E-state index contributed by atoms with van der Waals surface area (Å²) in [7, 11) is 4.13. The molecule has 0 saturated heterocycles. The van der Waals surface area contributed by atoms with Crippen LogP contribution < -0.4 is 10.6 Å². The number of anilines is 2. The van der Waals surface area contributed by atoms with E-state index in [0.717, 1.165) is 37.8 Å². The predicted molar refractivity (Wildman–Crippen MR) is 151 cm³/mol. The van der Waals surface area contributed by atoms with Crippen molar-refractivity contribution in [3.05, 3.63) is 75.5 Å². The molecule has 9 nitrogen and oxygen atoms in total. The van der Waals surface area contributed by atoms with E-state index in [-0.39, 0.29) is 18.1 Å². The summed E-state index contributed by atoms with van der Waals surface area (Å²) in [6, 6.07) is 14.8. The van der Waals surface area contributed by atoms with Gasteiger partial charge in [0.1, 0.15) is 6.20 Å². The van der Waals surface area contributed by atoms with Crippen LogP contribution in [0.15, 0.2) is 48.7 Å². The Hall–Kier alpha value is -3.56. The SMILES string of the molecule is Cc1c(CNc2ncc([N+](=O)[O-])c(NCC3CCC(CO)CC3)n2)cccc1-c1cccc(CN(C)C)c1. The average molecular weight is 519 g/mol. The molecule has 3 aromatic rings. The molecule has 0 atom stereocenters. The molecule has 1 fully saturated rings. The number of hydrogen-bond acceptors (Lipinski definition) is 8. The summed E-state index contributed by atoms with van der Waals surface area (Å²) < 4.78 is 0. The fraction of sp³-hybridized carbons (Fsp3) is 0.448. The Morgan fingerprint density at radius 1 is 1.08 bits per heavy atom. The minimum atomic E-state index is -0.452. The number of aromatic nitrogens is 2. The standard InChI is InChI=1S/C29H38N6O3/c1-20-25(8-5-9-26(20)24-7-4-6-23(14-24)18-34(2)3)16-31-29-32-17-27(35(37)38)28(33-29)30-15-21-10-12-22(19-36)13-11-21/h4-9,14,17,21-22,36H,10-13,15-16,18-19H2,1-3H3,(H2,30,31,32,33). The Kier molecular flexibility index (Phi) is 9.25. The second-order valence-corrected chi connectivity index (χ2v) is 10.5. The van der Waals surface area contributed by atoms with E-state index in [0.29, 0.717) is 30.9 Å². The van der Waals surface area contributed by atoms with Crippen molar-refractivity contribution in [2.45, 2.75) is 45.7 Å². The fourth-order valence-electron chi connectivity index (χ4n) is 5.15. The summed E-state index contributed by atoms with van der Waals surface area (Å²) in [6.45, 7) is 4.34. The highest BCUT2D eigenvalue weighted by Gasteiger charge is 2.23. The van der Waals surface area contributed by atoms with Gasteiger partial charge < -0.3 is 20.6 Å². The van der Waals surface area contributed by atoms with Crippen LogP contribution in [0.3, 0.4) is 0 Å². The zero-order valence-electron chi connectivity index (χ0n) is 22.5. The number of nitrogens with one attached hydrogen (secondary N) is 2. The minimum Gasteiger partial charge on any atom is -0.396 e. The summed E-state index contributed by atoms with van der Waals surface area (Å²) in [4.78, 5) is 21.9. The summed E-state index contributed by atoms with van der Waals surface area (Å²) >= 11 is 0. The quantitative estimate of drug-likeness (QED) is 0.233. The first-order valence-electron chi connectivity index (χ1n) is 13.3. The Morgan fingerprint density at radius 3 is 2.53 bits per heavy atom. The normalized spacial score (nSPS) is 17.4. The maximum absolute atomic E-state index is 11.6. The molecule has 1 heterocycles. The number of aliphatic hydroxyl groups is 1. The molecule has 2 aromatic carbocycles. The van der Waals surface area contributed by atoms with Gasteiger partial charge in [-0.2, -0.15) is 4.98 Å². The molecule has 0 unspecified atom stereocenters. The van der Waals surface area contributed by atoms with Gasteiger partial charge in [-0.1, -0.05) is 36.4 Å². The molecule has 0 bridgehead atoms. The molecule has 1 aromatic heterocycles. The smallest absolute Gasteiger partial charge is 0.329 e. The second-order valence-electron chi connectivity index (χ2n) is 10.5. The molecule has 0 spiro atoms. The molecular weight excluding hydrogens is 480 g/mol. The third-order valence-electron chi connectivity index (χ3n) is 7.37. The minimum absolute atomic E-state index is 0.129. The average Bonchev–Trinajstić information content (AvgIpc) is 2.91. The summed E-state index contributed by atoms with van der Waals surface area (Å²) in [5.41, 5.74) is 5.76. The van der Waals surface area contributed by atoms with Crippen molar-refractivity contribution in [2.75, 3.05) is 37.9 Å². The third-order valence-corrected chi connectivity index (χ3v) is 7.37. The Labute approximate surface area is 224 Å². The molecule has 0 amide bonds. The van der Waals surface area contributed by atoms with E-state index in [4.69, 9.17) is 0 Å². The van der Waals surface area contributed by atoms with E-state index in [2.05, 4.69) is 82.9 Å². The van der Waals surface area contributed by atoms with Gasteiger partial charge in [-0.25, -0.2) is 4.98 Å². The molecule has 0 aliphatic heterocycles. The van der Waals surface area contributed by atoms with E-state index >= 15 is 0 Å². The topological polar surface area (TPSA) is 116 Å². The van der Waals surface area contributed by atoms with E-state index < -0.39 is 4.92 Å². The van der Waals surface area contributed by atoms with Crippen LogP contribution in [0.1, 0.15) is 42.4 Å². The molecule has 3 N–H and O–H groups in total. The molecule has 0 radical (unpaired) electrons. The van der Waals surface area contributed by atoms with Crippen molar-refractivity contribution in [3.8, 4) is 11.1 Å². The van der Waals surface area contributed by atoms with Crippen molar-refractivity contribution in [1.82, 2.24) is 14.9 Å². The number of benzene rings is 2. The van der Waals surface area contributed by atoms with Crippen LogP contribution in [-0.4, -0.2) is 52.1 Å². The van der Waals surface area contributed by atoms with Gasteiger partial charge in [-0.15, -0.1) is 0 Å². The van der Waals surface area contributed by atoms with Crippen molar-refractivity contribution >= 4 is 17.5 Å². The molecular formula is C29H38N6O3. The maximum atomic E-state index is 11.6. The molecule has 1 saturated carbocycles. The van der Waals surface area contributed by atoms with Gasteiger partial charge in [-0.3, -0.25) is 10.1 Å². The first-order valence-corrected chi connectivity index (χ1v) is 13.3. The molecule has 1 aliphatic rings. The fourth-order valence-corrected chi connectivity index (χ4v) is 5.15. The van der Waals surface area contributed by atoms with Crippen molar-refractivity contribution in [2.24, 2.45) is 11.8 Å². The zero-order chi connectivity index (χ0) is 27.1. The predicted octanol–water partition coefficient (Wildman–Crippen LogP) is 5.24. The van der Waals surface area contributed by atoms with Crippen LogP contribution >= 0.6 is 0 Å². The number of rotatable bonds is 11. The van der Waals surface area contributed by atoms with Gasteiger partial charge in [0, 0.05) is 26.2 Å². The van der Waals surface area contributed by atoms with E-state index in [1.54, 1.807) is 0 Å². The van der Waals surface area contributed by atoms with Crippen LogP contribution in [0.4, 0.5) is 17.5 Å². The van der Waals surface area contributed by atoms with Crippen LogP contribution in [0.5, 0.6) is 0 Å². The highest BCUT2D eigenvalue weighted by Crippen LogP contribution is 2.30. The Balaban J connectivity index is 1.45. The van der Waals surface area contributed by atoms with Crippen LogP contribution in [0, 0.1) is 28.9 Å². The second kappa shape index (κ2) is 12.8. The Morgan fingerprint density at radius 2 is 1.82 bits per heavy atom. The van der Waals surface area contributed by atoms with Crippen LogP contribution in [-0.2, 0) is 13.1 Å². The summed E-state index contributed by atoms with van der Waals surface area (Å²) in [6.07, 6.45) is 5.23. The van der Waals surface area contributed by atoms with Crippen LogP contribution in [0.2, 0.25) is 0 Å². The molecule has 4 rings (SSSR count). The van der Waals surface area contributed by atoms with Gasteiger partial charge >= 0.3 is 5.69 Å². The van der Waals surface area contributed by atoms with Crippen molar-refractivity contribution in [3.63, 3.8) is 0 Å². The molecule has 202 valence electrons. The third kappa shape index (κ3) is 7.05. The number of aliphatic hydroxyl groups excluding tert-OH is 1. The van der Waals surface area contributed by atoms with Crippen molar-refractivity contribution < 1.29 is 10.0 Å². The molecule has 38 heavy (non-hydrogen) atoms. The molecule has 1 aliphatic carbocycles. The van der Waals surface area contributed by atoms with Gasteiger partial charge in [-0.05, 0) is 92.4 Å². The number of nitrogens with zero attached hydrogens (tertiary/aromatic N) is 4. The highest BCUT2D eigenvalue weighted by molar-refractivity contribution is 5.69.